The summed E-state index contributed by atoms with van der Waals surface area (Å²) >= 11 is 0. The van der Waals surface area contributed by atoms with E-state index in [1.165, 1.54) is 61.2 Å². The lowest BCUT2D eigenvalue weighted by molar-refractivity contribution is 0.590. The van der Waals surface area contributed by atoms with Crippen LogP contribution in [0.5, 0.6) is 0 Å². The smallest absolute Gasteiger partial charge is 0.145 e. The molecule has 2 aliphatic rings. The highest BCUT2D eigenvalue weighted by atomic mass is 16.3. The summed E-state index contributed by atoms with van der Waals surface area (Å²) in [5, 5.41) is 2.20. The van der Waals surface area contributed by atoms with Crippen LogP contribution in [0.1, 0.15) is 128 Å². The van der Waals surface area contributed by atoms with E-state index >= 15 is 0 Å². The summed E-state index contributed by atoms with van der Waals surface area (Å²) in [4.78, 5) is 4.94. The van der Waals surface area contributed by atoms with Crippen molar-refractivity contribution in [3.05, 3.63) is 239 Å². The van der Waals surface area contributed by atoms with Gasteiger partial charge in [0.1, 0.15) is 11.2 Å². The molecule has 0 fully saturated rings. The Bertz CT molecular complexity index is 3630. The second-order valence-corrected chi connectivity index (χ2v) is 25.0. The monoisotopic (exact) mass is 965 g/mol. The molecule has 368 valence electrons. The molecule has 3 heteroatoms. The number of benzene rings is 9. The van der Waals surface area contributed by atoms with Crippen molar-refractivity contribution in [3.8, 4) is 22.3 Å². The minimum atomic E-state index is -0.689. The van der Waals surface area contributed by atoms with E-state index in [0.717, 1.165) is 61.6 Å². The van der Waals surface area contributed by atoms with Gasteiger partial charge in [-0.15, -0.1) is 0 Å². The van der Waals surface area contributed by atoms with Gasteiger partial charge in [-0.1, -0.05) is 204 Å². The van der Waals surface area contributed by atoms with Gasteiger partial charge in [0.25, 0.3) is 0 Å². The van der Waals surface area contributed by atoms with Crippen molar-refractivity contribution in [2.45, 2.75) is 110 Å². The van der Waals surface area contributed by atoms with Crippen molar-refractivity contribution in [2.75, 3.05) is 9.80 Å². The van der Waals surface area contributed by atoms with E-state index < -0.39 is 5.41 Å². The fourth-order valence-electron chi connectivity index (χ4n) is 12.1. The summed E-state index contributed by atoms with van der Waals surface area (Å²) in [7, 11) is 0. The molecule has 0 aliphatic heterocycles. The van der Waals surface area contributed by atoms with E-state index in [1.54, 1.807) is 0 Å². The lowest BCUT2D eigenvalue weighted by atomic mass is 9.70. The first-order chi connectivity index (χ1) is 35.2. The molecule has 0 N–H and O–H groups in total. The summed E-state index contributed by atoms with van der Waals surface area (Å²) in [6, 6.07) is 73.6. The van der Waals surface area contributed by atoms with Crippen LogP contribution in [0.4, 0.5) is 34.1 Å². The maximum absolute atomic E-state index is 7.38. The van der Waals surface area contributed by atoms with Crippen molar-refractivity contribution in [1.82, 2.24) is 0 Å². The number of fused-ring (bicyclic) bond motifs is 14. The van der Waals surface area contributed by atoms with E-state index in [-0.39, 0.29) is 21.7 Å². The lowest BCUT2D eigenvalue weighted by Crippen LogP contribution is -2.26. The molecular weight excluding hydrogens is 897 g/mol. The van der Waals surface area contributed by atoms with Crippen molar-refractivity contribution in [3.63, 3.8) is 0 Å². The van der Waals surface area contributed by atoms with Crippen LogP contribution in [-0.2, 0) is 27.1 Å². The predicted octanol–water partition coefficient (Wildman–Crippen LogP) is 20.1. The summed E-state index contributed by atoms with van der Waals surface area (Å²) in [5.41, 5.74) is 22.9. The van der Waals surface area contributed by atoms with Gasteiger partial charge in [-0.2, -0.15) is 0 Å². The number of anilines is 6. The Labute approximate surface area is 439 Å². The fourth-order valence-corrected chi connectivity index (χ4v) is 12.1. The van der Waals surface area contributed by atoms with Gasteiger partial charge in [0, 0.05) is 39.4 Å². The topological polar surface area (TPSA) is 19.6 Å². The van der Waals surface area contributed by atoms with Crippen LogP contribution in [0.15, 0.2) is 199 Å². The third-order valence-electron chi connectivity index (χ3n) is 16.1. The first kappa shape index (κ1) is 47.4. The van der Waals surface area contributed by atoms with E-state index in [9.17, 15) is 0 Å². The minimum Gasteiger partial charge on any atom is -0.455 e. The molecule has 1 aromatic heterocycles. The highest BCUT2D eigenvalue weighted by Gasteiger charge is 2.53. The Morgan fingerprint density at radius 1 is 0.338 bits per heavy atom. The molecule has 0 saturated heterocycles. The maximum atomic E-state index is 7.38. The van der Waals surface area contributed by atoms with Crippen LogP contribution in [0.25, 0.3) is 44.2 Å². The molecule has 3 nitrogen and oxygen atoms in total. The van der Waals surface area contributed by atoms with E-state index in [1.807, 2.05) is 0 Å². The second-order valence-electron chi connectivity index (χ2n) is 25.0. The summed E-state index contributed by atoms with van der Waals surface area (Å²) < 4.78 is 7.38. The van der Waals surface area contributed by atoms with Crippen molar-refractivity contribution in [2.24, 2.45) is 0 Å². The normalized spacial score (nSPS) is 13.8. The van der Waals surface area contributed by atoms with E-state index in [2.05, 4.69) is 287 Å². The Morgan fingerprint density at radius 2 is 0.730 bits per heavy atom. The molecule has 12 rings (SSSR count). The van der Waals surface area contributed by atoms with Crippen LogP contribution in [-0.4, -0.2) is 0 Å². The van der Waals surface area contributed by atoms with Crippen LogP contribution < -0.4 is 9.80 Å². The summed E-state index contributed by atoms with van der Waals surface area (Å²) in [5.74, 6) is 0. The molecule has 1 heterocycles. The zero-order chi connectivity index (χ0) is 51.7. The average Bonchev–Trinajstić information content (AvgIpc) is 4.03. The number of hydrogen-bond donors (Lipinski definition) is 0. The van der Waals surface area contributed by atoms with Gasteiger partial charge in [0.2, 0.25) is 0 Å². The third-order valence-corrected chi connectivity index (χ3v) is 16.1. The maximum Gasteiger partial charge on any atom is 0.145 e. The molecule has 9 aromatic carbocycles. The lowest BCUT2D eigenvalue weighted by Gasteiger charge is -2.34. The number of rotatable bonds is 6. The predicted molar refractivity (Wildman–Crippen MR) is 314 cm³/mol. The quantitative estimate of drug-likeness (QED) is 0.166. The van der Waals surface area contributed by atoms with Crippen molar-refractivity contribution >= 4 is 56.1 Å². The van der Waals surface area contributed by atoms with Gasteiger partial charge >= 0.3 is 0 Å². The molecular formula is C71H68N2O. The molecule has 74 heavy (non-hydrogen) atoms. The Balaban J connectivity index is 1.18. The average molecular weight is 965 g/mol. The largest absolute Gasteiger partial charge is 0.455 e. The van der Waals surface area contributed by atoms with Crippen LogP contribution in [0, 0.1) is 0 Å². The molecule has 0 bridgehead atoms. The van der Waals surface area contributed by atoms with Gasteiger partial charge < -0.3 is 14.2 Å². The number of furan rings is 1. The Morgan fingerprint density at radius 3 is 1.18 bits per heavy atom. The van der Waals surface area contributed by atoms with Crippen LogP contribution in [0.2, 0.25) is 0 Å². The zero-order valence-electron chi connectivity index (χ0n) is 45.3. The number of para-hydroxylation sites is 1. The molecule has 1 spiro atoms. The highest BCUT2D eigenvalue weighted by Crippen LogP contribution is 2.66. The molecule has 0 unspecified atom stereocenters. The molecule has 10 aromatic rings. The van der Waals surface area contributed by atoms with E-state index in [4.69, 9.17) is 4.42 Å². The fraction of sp³-hybridized carbons (Fsp3) is 0.239. The highest BCUT2D eigenvalue weighted by molar-refractivity contribution is 6.20. The van der Waals surface area contributed by atoms with Crippen molar-refractivity contribution in [1.29, 1.82) is 0 Å². The second kappa shape index (κ2) is 16.7. The van der Waals surface area contributed by atoms with Gasteiger partial charge in [-0.3, -0.25) is 0 Å². The van der Waals surface area contributed by atoms with Gasteiger partial charge in [0.05, 0.1) is 16.5 Å². The molecule has 0 radical (unpaired) electrons. The van der Waals surface area contributed by atoms with Crippen LogP contribution >= 0.6 is 0 Å². The summed E-state index contributed by atoms with van der Waals surface area (Å²) in [6.07, 6.45) is 0. The van der Waals surface area contributed by atoms with Gasteiger partial charge in [-0.25, -0.2) is 0 Å². The number of hydrogen-bond acceptors (Lipinski definition) is 3. The third kappa shape index (κ3) is 7.44. The standard InChI is InChI=1S/C71H68N2O/c1-67(2,3)45-25-33-49(34-26-45)72(50-35-27-46(28-36-50)68(4,5)6)53-41-42-56-60(43-53)71(58-22-16-13-19-54(58)55-20-14-17-23-59(55)71)61-44-62(65-57-21-15-18-24-63(57)74-66(65)64(56)61)73(51-37-29-47(30-38-51)69(7,8)9)52-39-31-48(32-40-52)70(10,11)12/h13-44H,1-12H3. The van der Waals surface area contributed by atoms with Gasteiger partial charge in [0.15, 0.2) is 0 Å². The first-order valence-electron chi connectivity index (χ1n) is 26.6. The molecule has 0 saturated carbocycles. The van der Waals surface area contributed by atoms with E-state index in [0.29, 0.717) is 0 Å². The summed E-state index contributed by atoms with van der Waals surface area (Å²) in [6.45, 7) is 27.5. The first-order valence-corrected chi connectivity index (χ1v) is 26.6. The molecule has 0 atom stereocenters. The minimum absolute atomic E-state index is 0.000909. The Hall–Kier alpha value is -7.62. The zero-order valence-corrected chi connectivity index (χ0v) is 45.3. The SMILES string of the molecule is CC(C)(C)c1ccc(N(c2ccc(C(C)(C)C)cc2)c2ccc3c(c2)C2(c4ccccc4-c4ccccc42)c2cc(N(c4ccc(C(C)(C)C)cc4)c4ccc(C(C)(C)C)cc4)c4c(oc5ccccc54)c2-3)cc1. The molecule has 0 amide bonds. The van der Waals surface area contributed by atoms with Crippen LogP contribution in [0.3, 0.4) is 0 Å². The Kier molecular flexibility index (Phi) is 10.7. The number of nitrogens with zero attached hydrogens (tertiary/aromatic N) is 2. The van der Waals surface area contributed by atoms with Crippen molar-refractivity contribution < 1.29 is 4.42 Å². The van der Waals surface area contributed by atoms with Gasteiger partial charge in [-0.05, 0) is 156 Å². The molecule has 2 aliphatic carbocycles.